The highest BCUT2D eigenvalue weighted by atomic mass is 35.5. The first kappa shape index (κ1) is 46.3. The molecule has 6 atom stereocenters. The minimum absolute atomic E-state index is 0.00552. The van der Waals surface area contributed by atoms with Crippen LogP contribution in [0.3, 0.4) is 0 Å². The summed E-state index contributed by atoms with van der Waals surface area (Å²) in [7, 11) is 1.02. The molecule has 1 saturated heterocycles. The van der Waals surface area contributed by atoms with Gasteiger partial charge in [0.05, 0.1) is 39.1 Å². The van der Waals surface area contributed by atoms with E-state index in [1.807, 2.05) is 0 Å². The number of methoxy groups -OCH3 is 1. The molecule has 1 aromatic carbocycles. The Hall–Kier alpha value is -4.81. The van der Waals surface area contributed by atoms with Crippen LogP contribution in [0, 0.1) is 0 Å². The summed E-state index contributed by atoms with van der Waals surface area (Å²) < 4.78 is 44.1. The minimum Gasteiger partial charge on any atom is -0.465 e. The number of esters is 6. The van der Waals surface area contributed by atoms with E-state index >= 15 is 0 Å². The van der Waals surface area contributed by atoms with Crippen LogP contribution in [0.1, 0.15) is 73.3 Å². The summed E-state index contributed by atoms with van der Waals surface area (Å²) in [6.07, 6.45) is -7.54. The number of carbonyl (C=O) groups excluding carboxylic acids is 8. The molecule has 18 nitrogen and oxygen atoms in total. The molecule has 1 heterocycles. The van der Waals surface area contributed by atoms with Crippen LogP contribution < -0.4 is 10.6 Å². The predicted octanol–water partition coefficient (Wildman–Crippen LogP) is 1.64. The molecule has 2 rings (SSSR count). The average Bonchev–Trinajstić information content (AvgIpc) is 3.07. The Bertz CT molecular complexity index is 1540. The summed E-state index contributed by atoms with van der Waals surface area (Å²) >= 11 is 5.95. The Labute approximate surface area is 323 Å². The van der Waals surface area contributed by atoms with Gasteiger partial charge in [0.2, 0.25) is 5.91 Å². The molecule has 2 N–H and O–H groups in total. The van der Waals surface area contributed by atoms with Crippen molar-refractivity contribution < 1.29 is 76.3 Å². The highest BCUT2D eigenvalue weighted by molar-refractivity contribution is 6.30. The number of nitrogens with one attached hydrogen (secondary N) is 2. The zero-order valence-electron chi connectivity index (χ0n) is 32.1. The van der Waals surface area contributed by atoms with Crippen LogP contribution in [0.15, 0.2) is 24.3 Å². The van der Waals surface area contributed by atoms with Crippen molar-refractivity contribution in [3.8, 4) is 0 Å². The number of benzene rings is 1. The molecule has 0 aliphatic carbocycles. The molecule has 0 bridgehead atoms. The van der Waals surface area contributed by atoms with Gasteiger partial charge in [0.25, 0.3) is 11.7 Å². The van der Waals surface area contributed by atoms with Crippen molar-refractivity contribution in [2.45, 2.75) is 116 Å². The highest BCUT2D eigenvalue weighted by Crippen LogP contribution is 2.37. The van der Waals surface area contributed by atoms with Crippen molar-refractivity contribution in [1.82, 2.24) is 10.6 Å². The lowest BCUT2D eigenvalue weighted by Gasteiger charge is -2.48. The zero-order valence-corrected chi connectivity index (χ0v) is 32.8. The maximum atomic E-state index is 13.6. The SMILES string of the molecule is COC(=O)[C@@]1(OCCCC(=O)OC(C)(C)C)C[C@H](OC(C)=O)[C@@H](NC(=O)COC(C)=O)[C@H]([C@H](OC(C)=O)[C@@H](CNC(=O)Cc2ccc(Cl)cc2)OC(C)=O)O1. The van der Waals surface area contributed by atoms with E-state index in [0.29, 0.717) is 10.6 Å². The lowest BCUT2D eigenvalue weighted by atomic mass is 9.87. The minimum atomic E-state index is -2.46. The number of ether oxygens (including phenoxy) is 8. The summed E-state index contributed by atoms with van der Waals surface area (Å²) in [4.78, 5) is 101. The molecule has 0 unspecified atom stereocenters. The number of halogens is 1. The molecule has 1 fully saturated rings. The van der Waals surface area contributed by atoms with Crippen molar-refractivity contribution in [3.05, 3.63) is 34.9 Å². The Balaban J connectivity index is 2.65. The molecule has 1 aliphatic heterocycles. The normalized spacial score (nSPS) is 20.4. The fourth-order valence-corrected chi connectivity index (χ4v) is 5.57. The van der Waals surface area contributed by atoms with E-state index in [2.05, 4.69) is 10.6 Å². The van der Waals surface area contributed by atoms with Gasteiger partial charge in [-0.05, 0) is 44.9 Å². The molecule has 1 aliphatic rings. The van der Waals surface area contributed by atoms with Crippen LogP contribution >= 0.6 is 11.6 Å². The second-order valence-corrected chi connectivity index (χ2v) is 13.9. The van der Waals surface area contributed by atoms with E-state index < -0.39 is 109 Å². The number of carbonyl (C=O) groups is 8. The molecule has 306 valence electrons. The van der Waals surface area contributed by atoms with Gasteiger partial charge in [0.1, 0.15) is 17.8 Å². The third kappa shape index (κ3) is 16.2. The lowest BCUT2D eigenvalue weighted by molar-refractivity contribution is -0.313. The van der Waals surface area contributed by atoms with E-state index in [4.69, 9.17) is 49.5 Å². The first-order valence-corrected chi connectivity index (χ1v) is 17.6. The standard InChI is InChI=1S/C36H49ClN2O16/c1-20(40)49-19-29(45)39-31-26(51-21(2)41)17-36(34(47)48-8,50-15-9-10-30(46)54-35(5,6)7)55-33(31)32(53-23(4)43)27(52-22(3)42)18-38-28(44)16-24-11-13-25(37)14-12-24/h11-14,26-27,31-33H,9-10,15-19H2,1-8H3,(H,38,44)(H,39,45)/t26-,27+,31+,32+,33+,36+/m0/s1. The monoisotopic (exact) mass is 800 g/mol. The van der Waals surface area contributed by atoms with E-state index in [9.17, 15) is 38.4 Å². The van der Waals surface area contributed by atoms with Gasteiger partial charge in [-0.2, -0.15) is 0 Å². The van der Waals surface area contributed by atoms with Gasteiger partial charge in [-0.3, -0.25) is 33.6 Å². The van der Waals surface area contributed by atoms with E-state index in [1.165, 1.54) is 0 Å². The third-order valence-electron chi connectivity index (χ3n) is 7.47. The van der Waals surface area contributed by atoms with Gasteiger partial charge in [-0.1, -0.05) is 23.7 Å². The molecule has 19 heteroatoms. The van der Waals surface area contributed by atoms with Gasteiger partial charge >= 0.3 is 35.8 Å². The van der Waals surface area contributed by atoms with E-state index in [1.54, 1.807) is 45.0 Å². The first-order chi connectivity index (χ1) is 25.6. The van der Waals surface area contributed by atoms with Crippen molar-refractivity contribution in [2.75, 3.05) is 26.9 Å². The van der Waals surface area contributed by atoms with E-state index in [0.717, 1.165) is 34.8 Å². The molecular formula is C36H49ClN2O16. The molecule has 0 aromatic heterocycles. The Morgan fingerprint density at radius 2 is 1.55 bits per heavy atom. The van der Waals surface area contributed by atoms with Crippen molar-refractivity contribution in [2.24, 2.45) is 0 Å². The quantitative estimate of drug-likeness (QED) is 0.122. The molecule has 2 amide bonds. The molecule has 0 spiro atoms. The number of amides is 2. The summed E-state index contributed by atoms with van der Waals surface area (Å²) in [6.45, 7) is 7.60. The lowest BCUT2D eigenvalue weighted by Crippen LogP contribution is -2.70. The molecule has 1 aromatic rings. The van der Waals surface area contributed by atoms with Gasteiger partial charge < -0.3 is 48.5 Å². The maximum absolute atomic E-state index is 13.6. The molecule has 0 radical (unpaired) electrons. The summed E-state index contributed by atoms with van der Waals surface area (Å²) in [5.74, 6) is -9.19. The Kier molecular flexibility index (Phi) is 18.0. The van der Waals surface area contributed by atoms with Gasteiger partial charge in [0, 0.05) is 39.1 Å². The van der Waals surface area contributed by atoms with Gasteiger partial charge in [0.15, 0.2) is 18.8 Å². The summed E-state index contributed by atoms with van der Waals surface area (Å²) in [5.41, 5.74) is -0.180. The number of hydrogen-bond acceptors (Lipinski definition) is 16. The number of rotatable bonds is 18. The van der Waals surface area contributed by atoms with Gasteiger partial charge in [-0.15, -0.1) is 0 Å². The maximum Gasteiger partial charge on any atom is 0.366 e. The smallest absolute Gasteiger partial charge is 0.366 e. The summed E-state index contributed by atoms with van der Waals surface area (Å²) in [6, 6.07) is 4.90. The zero-order chi connectivity index (χ0) is 41.5. The number of hydrogen-bond donors (Lipinski definition) is 2. The second kappa shape index (κ2) is 21.3. The van der Waals surface area contributed by atoms with Crippen LogP contribution in [0.25, 0.3) is 0 Å². The Morgan fingerprint density at radius 3 is 2.09 bits per heavy atom. The topological polar surface area (TPSA) is 234 Å². The van der Waals surface area contributed by atoms with Crippen LogP contribution in [0.5, 0.6) is 0 Å². The van der Waals surface area contributed by atoms with Crippen molar-refractivity contribution in [3.63, 3.8) is 0 Å². The molecule has 0 saturated carbocycles. The predicted molar refractivity (Wildman–Crippen MR) is 189 cm³/mol. The van der Waals surface area contributed by atoms with Crippen LogP contribution in [-0.2, 0) is 82.7 Å². The second-order valence-electron chi connectivity index (χ2n) is 13.4. The van der Waals surface area contributed by atoms with Crippen LogP contribution in [0.2, 0.25) is 5.02 Å². The summed E-state index contributed by atoms with van der Waals surface area (Å²) in [5, 5.41) is 5.58. The molecular weight excluding hydrogens is 752 g/mol. The van der Waals surface area contributed by atoms with Crippen LogP contribution in [0.4, 0.5) is 0 Å². The van der Waals surface area contributed by atoms with E-state index in [-0.39, 0.29) is 25.9 Å². The highest BCUT2D eigenvalue weighted by Gasteiger charge is 2.59. The average molecular weight is 801 g/mol. The molecule has 55 heavy (non-hydrogen) atoms. The third-order valence-corrected chi connectivity index (χ3v) is 7.72. The largest absolute Gasteiger partial charge is 0.465 e. The fraction of sp³-hybridized carbons (Fsp3) is 0.611. The van der Waals surface area contributed by atoms with Crippen LogP contribution in [-0.4, -0.2) is 116 Å². The van der Waals surface area contributed by atoms with Crippen molar-refractivity contribution in [1.29, 1.82) is 0 Å². The fourth-order valence-electron chi connectivity index (χ4n) is 5.45. The van der Waals surface area contributed by atoms with Crippen molar-refractivity contribution >= 4 is 59.2 Å². The first-order valence-electron chi connectivity index (χ1n) is 17.2. The van der Waals surface area contributed by atoms with Gasteiger partial charge in [-0.25, -0.2) is 4.79 Å². The Morgan fingerprint density at radius 1 is 0.909 bits per heavy atom.